The van der Waals surface area contributed by atoms with Crippen molar-refractivity contribution in [2.45, 2.75) is 19.8 Å². The standard InChI is InChI=1S/C12H15N3OS/c1-8-4-2-5-9-11(8)15-12(17-9)14-7-3-6-10(13)16/h2,4-5H,3,6-7H2,1H3,(H2,13,16)(H,14,15). The molecule has 0 aliphatic heterocycles. The van der Waals surface area contributed by atoms with Crippen LogP contribution in [-0.2, 0) is 4.79 Å². The highest BCUT2D eigenvalue weighted by atomic mass is 32.1. The second-order valence-corrected chi connectivity index (χ2v) is 4.97. The van der Waals surface area contributed by atoms with Crippen LogP contribution in [0.5, 0.6) is 0 Å². The first-order valence-corrected chi connectivity index (χ1v) is 6.37. The normalized spacial score (nSPS) is 10.6. The highest BCUT2D eigenvalue weighted by Gasteiger charge is 2.04. The number of carbonyl (C=O) groups excluding carboxylic acids is 1. The van der Waals surface area contributed by atoms with E-state index in [1.54, 1.807) is 11.3 Å². The first-order valence-electron chi connectivity index (χ1n) is 5.55. The van der Waals surface area contributed by atoms with Crippen LogP contribution in [0.4, 0.5) is 5.13 Å². The Bertz CT molecular complexity index is 536. The molecule has 17 heavy (non-hydrogen) atoms. The van der Waals surface area contributed by atoms with Gasteiger partial charge < -0.3 is 11.1 Å². The molecular formula is C12H15N3OS. The van der Waals surface area contributed by atoms with Crippen LogP contribution in [0.25, 0.3) is 10.2 Å². The molecule has 2 aromatic rings. The molecule has 5 heteroatoms. The molecule has 0 spiro atoms. The summed E-state index contributed by atoms with van der Waals surface area (Å²) in [4.78, 5) is 15.1. The highest BCUT2D eigenvalue weighted by Crippen LogP contribution is 2.27. The summed E-state index contributed by atoms with van der Waals surface area (Å²) in [5.74, 6) is -0.257. The molecule has 3 N–H and O–H groups in total. The van der Waals surface area contributed by atoms with E-state index in [0.29, 0.717) is 6.42 Å². The fourth-order valence-electron chi connectivity index (χ4n) is 1.62. The van der Waals surface area contributed by atoms with Gasteiger partial charge in [0.15, 0.2) is 5.13 Å². The Morgan fingerprint density at radius 2 is 2.35 bits per heavy atom. The van der Waals surface area contributed by atoms with E-state index in [0.717, 1.165) is 23.6 Å². The summed E-state index contributed by atoms with van der Waals surface area (Å²) in [6, 6.07) is 6.15. The quantitative estimate of drug-likeness (QED) is 0.799. The number of amides is 1. The van der Waals surface area contributed by atoms with Gasteiger partial charge in [0.05, 0.1) is 10.2 Å². The predicted molar refractivity (Wildman–Crippen MR) is 71.3 cm³/mol. The Labute approximate surface area is 104 Å². The van der Waals surface area contributed by atoms with Gasteiger partial charge in [-0.05, 0) is 25.0 Å². The van der Waals surface area contributed by atoms with E-state index < -0.39 is 0 Å². The van der Waals surface area contributed by atoms with Crippen LogP contribution < -0.4 is 11.1 Å². The molecule has 0 saturated heterocycles. The van der Waals surface area contributed by atoms with E-state index in [1.165, 1.54) is 10.3 Å². The minimum atomic E-state index is -0.257. The van der Waals surface area contributed by atoms with E-state index in [9.17, 15) is 4.79 Å². The molecule has 0 unspecified atom stereocenters. The summed E-state index contributed by atoms with van der Waals surface area (Å²) in [5, 5.41) is 4.12. The Hall–Kier alpha value is -1.62. The van der Waals surface area contributed by atoms with Gasteiger partial charge in [-0.25, -0.2) is 4.98 Å². The fourth-order valence-corrected chi connectivity index (χ4v) is 2.59. The number of aryl methyl sites for hydroxylation is 1. The number of nitrogens with two attached hydrogens (primary N) is 1. The van der Waals surface area contributed by atoms with Gasteiger partial charge in [-0.3, -0.25) is 4.79 Å². The molecule has 1 amide bonds. The second-order valence-electron chi connectivity index (χ2n) is 3.94. The molecule has 1 aromatic carbocycles. The summed E-state index contributed by atoms with van der Waals surface area (Å²) in [6.45, 7) is 2.78. The van der Waals surface area contributed by atoms with Gasteiger partial charge in [-0.1, -0.05) is 23.5 Å². The van der Waals surface area contributed by atoms with Crippen molar-refractivity contribution in [1.82, 2.24) is 4.98 Å². The molecule has 4 nitrogen and oxygen atoms in total. The highest BCUT2D eigenvalue weighted by molar-refractivity contribution is 7.22. The molecule has 0 atom stereocenters. The van der Waals surface area contributed by atoms with Gasteiger partial charge in [0, 0.05) is 13.0 Å². The Morgan fingerprint density at radius 1 is 1.53 bits per heavy atom. The molecule has 90 valence electrons. The van der Waals surface area contributed by atoms with Crippen molar-refractivity contribution in [3.63, 3.8) is 0 Å². The Kier molecular flexibility index (Phi) is 3.58. The van der Waals surface area contributed by atoms with Crippen molar-refractivity contribution in [3.8, 4) is 0 Å². The Balaban J connectivity index is 2.00. The van der Waals surface area contributed by atoms with Crippen LogP contribution in [0, 0.1) is 6.92 Å². The monoisotopic (exact) mass is 249 g/mol. The average molecular weight is 249 g/mol. The summed E-state index contributed by atoms with van der Waals surface area (Å²) < 4.78 is 1.18. The smallest absolute Gasteiger partial charge is 0.217 e. The van der Waals surface area contributed by atoms with Gasteiger partial charge in [-0.15, -0.1) is 0 Å². The van der Waals surface area contributed by atoms with Crippen molar-refractivity contribution in [3.05, 3.63) is 23.8 Å². The lowest BCUT2D eigenvalue weighted by atomic mass is 10.2. The van der Waals surface area contributed by atoms with E-state index in [2.05, 4.69) is 29.4 Å². The molecule has 0 fully saturated rings. The van der Waals surface area contributed by atoms with Crippen LogP contribution in [0.2, 0.25) is 0 Å². The zero-order chi connectivity index (χ0) is 12.3. The number of hydrogen-bond acceptors (Lipinski definition) is 4. The number of nitrogens with zero attached hydrogens (tertiary/aromatic N) is 1. The third kappa shape index (κ3) is 2.94. The lowest BCUT2D eigenvalue weighted by Crippen LogP contribution is -2.12. The van der Waals surface area contributed by atoms with E-state index in [-0.39, 0.29) is 5.91 Å². The number of primary amides is 1. The fraction of sp³-hybridized carbons (Fsp3) is 0.333. The third-order valence-corrected chi connectivity index (χ3v) is 3.48. The number of carbonyl (C=O) groups is 1. The summed E-state index contributed by atoms with van der Waals surface area (Å²) in [6.07, 6.45) is 1.15. The van der Waals surface area contributed by atoms with Gasteiger partial charge in [0.1, 0.15) is 0 Å². The van der Waals surface area contributed by atoms with E-state index >= 15 is 0 Å². The van der Waals surface area contributed by atoms with Crippen molar-refractivity contribution >= 4 is 32.6 Å². The number of hydrogen-bond donors (Lipinski definition) is 2. The second kappa shape index (κ2) is 5.14. The summed E-state index contributed by atoms with van der Waals surface area (Å²) in [5.41, 5.74) is 7.31. The Morgan fingerprint density at radius 3 is 3.06 bits per heavy atom. The molecule has 1 heterocycles. The van der Waals surface area contributed by atoms with Gasteiger partial charge >= 0.3 is 0 Å². The van der Waals surface area contributed by atoms with Crippen LogP contribution >= 0.6 is 11.3 Å². The predicted octanol–water partition coefficient (Wildman–Crippen LogP) is 2.28. The largest absolute Gasteiger partial charge is 0.370 e. The topological polar surface area (TPSA) is 68.0 Å². The van der Waals surface area contributed by atoms with Gasteiger partial charge in [0.2, 0.25) is 5.91 Å². The molecular weight excluding hydrogens is 234 g/mol. The maximum atomic E-state index is 10.6. The van der Waals surface area contributed by atoms with Crippen LogP contribution in [0.1, 0.15) is 18.4 Å². The maximum absolute atomic E-state index is 10.6. The zero-order valence-electron chi connectivity index (χ0n) is 9.69. The number of benzene rings is 1. The van der Waals surface area contributed by atoms with Crippen molar-refractivity contribution in [2.75, 3.05) is 11.9 Å². The molecule has 0 radical (unpaired) electrons. The number of thiazole rings is 1. The first-order chi connectivity index (χ1) is 8.16. The first kappa shape index (κ1) is 11.9. The molecule has 0 aliphatic carbocycles. The SMILES string of the molecule is Cc1cccc2sc(NCCCC(N)=O)nc12. The van der Waals surface area contributed by atoms with Crippen molar-refractivity contribution < 1.29 is 4.79 Å². The number of nitrogens with one attached hydrogen (secondary N) is 1. The minimum absolute atomic E-state index is 0.257. The number of rotatable bonds is 5. The summed E-state index contributed by atoms with van der Waals surface area (Å²) >= 11 is 1.63. The molecule has 0 saturated carbocycles. The number of anilines is 1. The van der Waals surface area contributed by atoms with Crippen LogP contribution in [-0.4, -0.2) is 17.4 Å². The third-order valence-electron chi connectivity index (χ3n) is 2.50. The lowest BCUT2D eigenvalue weighted by molar-refractivity contribution is -0.118. The van der Waals surface area contributed by atoms with Gasteiger partial charge in [0.25, 0.3) is 0 Å². The molecule has 0 aliphatic rings. The summed E-state index contributed by atoms with van der Waals surface area (Å²) in [7, 11) is 0. The molecule has 0 bridgehead atoms. The van der Waals surface area contributed by atoms with Crippen molar-refractivity contribution in [1.29, 1.82) is 0 Å². The van der Waals surface area contributed by atoms with Crippen LogP contribution in [0.15, 0.2) is 18.2 Å². The average Bonchev–Trinajstić information content (AvgIpc) is 2.69. The van der Waals surface area contributed by atoms with E-state index in [4.69, 9.17) is 5.73 Å². The zero-order valence-corrected chi connectivity index (χ0v) is 10.5. The van der Waals surface area contributed by atoms with E-state index in [1.807, 2.05) is 6.07 Å². The molecule has 2 rings (SSSR count). The van der Waals surface area contributed by atoms with Crippen LogP contribution in [0.3, 0.4) is 0 Å². The minimum Gasteiger partial charge on any atom is -0.370 e. The number of fused-ring (bicyclic) bond motifs is 1. The number of para-hydroxylation sites is 1. The van der Waals surface area contributed by atoms with Gasteiger partial charge in [-0.2, -0.15) is 0 Å². The molecule has 1 aromatic heterocycles. The maximum Gasteiger partial charge on any atom is 0.217 e. The van der Waals surface area contributed by atoms with Crippen molar-refractivity contribution in [2.24, 2.45) is 5.73 Å². The lowest BCUT2D eigenvalue weighted by Gasteiger charge is -1.99. The number of aromatic nitrogens is 1.